The Morgan fingerprint density at radius 3 is 2.33 bits per heavy atom. The van der Waals surface area contributed by atoms with Gasteiger partial charge < -0.3 is 18.9 Å². The van der Waals surface area contributed by atoms with Gasteiger partial charge in [-0.05, 0) is 36.8 Å². The van der Waals surface area contributed by atoms with Crippen molar-refractivity contribution in [2.75, 3.05) is 27.9 Å². The van der Waals surface area contributed by atoms with Crippen LogP contribution in [0.15, 0.2) is 88.2 Å². The SMILES string of the molecule is CCOC(=O)C1=C(c2ccccc2)N=c2s/c(=C/c3ccccc3OC)c(=O)n2[C@H]1c1ccc(OC)c(OC)c1. The van der Waals surface area contributed by atoms with Crippen molar-refractivity contribution in [3.05, 3.63) is 115 Å². The molecule has 0 saturated heterocycles. The minimum Gasteiger partial charge on any atom is -0.496 e. The molecular formula is C31H28N2O6S. The summed E-state index contributed by atoms with van der Waals surface area (Å²) in [6, 6.07) is 21.4. The number of aromatic nitrogens is 1. The van der Waals surface area contributed by atoms with E-state index in [0.29, 0.717) is 37.8 Å². The van der Waals surface area contributed by atoms with Gasteiger partial charge in [0.05, 0.1) is 49.8 Å². The van der Waals surface area contributed by atoms with Gasteiger partial charge in [-0.3, -0.25) is 9.36 Å². The Bertz CT molecular complexity index is 1770. The number of nitrogens with zero attached hydrogens (tertiary/aromatic N) is 2. The fourth-order valence-corrected chi connectivity index (χ4v) is 5.70. The Morgan fingerprint density at radius 2 is 1.62 bits per heavy atom. The Kier molecular flexibility index (Phi) is 7.84. The number of methoxy groups -OCH3 is 3. The molecule has 3 aromatic carbocycles. The summed E-state index contributed by atoms with van der Waals surface area (Å²) in [5.41, 5.74) is 2.56. The van der Waals surface area contributed by atoms with Crippen LogP contribution in [0.1, 0.15) is 29.7 Å². The van der Waals surface area contributed by atoms with Crippen LogP contribution in [0.5, 0.6) is 17.2 Å². The highest BCUT2D eigenvalue weighted by atomic mass is 32.1. The van der Waals surface area contributed by atoms with Crippen LogP contribution < -0.4 is 29.1 Å². The quantitative estimate of drug-likeness (QED) is 0.306. The van der Waals surface area contributed by atoms with Crippen LogP contribution in [0, 0.1) is 0 Å². The van der Waals surface area contributed by atoms with E-state index in [4.69, 9.17) is 23.9 Å². The van der Waals surface area contributed by atoms with E-state index in [0.717, 1.165) is 11.1 Å². The van der Waals surface area contributed by atoms with Crippen molar-refractivity contribution < 1.29 is 23.7 Å². The van der Waals surface area contributed by atoms with Gasteiger partial charge in [-0.15, -0.1) is 0 Å². The van der Waals surface area contributed by atoms with Crippen LogP contribution in [0.3, 0.4) is 0 Å². The second-order valence-electron chi connectivity index (χ2n) is 8.79. The molecule has 40 heavy (non-hydrogen) atoms. The predicted molar refractivity (Wildman–Crippen MR) is 154 cm³/mol. The molecule has 5 rings (SSSR count). The van der Waals surface area contributed by atoms with Crippen LogP contribution in [0.25, 0.3) is 11.8 Å². The lowest BCUT2D eigenvalue weighted by molar-refractivity contribution is -0.138. The van der Waals surface area contributed by atoms with E-state index in [9.17, 15) is 9.59 Å². The molecule has 1 aliphatic rings. The zero-order chi connectivity index (χ0) is 28.2. The van der Waals surface area contributed by atoms with E-state index in [1.165, 1.54) is 18.4 Å². The third-order valence-corrected chi connectivity index (χ3v) is 7.51. The molecule has 2 heterocycles. The molecular weight excluding hydrogens is 528 g/mol. The maximum absolute atomic E-state index is 14.1. The van der Waals surface area contributed by atoms with Crippen molar-refractivity contribution in [2.24, 2.45) is 4.99 Å². The maximum Gasteiger partial charge on any atom is 0.338 e. The molecule has 0 unspecified atom stereocenters. The molecule has 8 nitrogen and oxygen atoms in total. The van der Waals surface area contributed by atoms with Crippen LogP contribution >= 0.6 is 11.3 Å². The third-order valence-electron chi connectivity index (χ3n) is 6.52. The highest BCUT2D eigenvalue weighted by molar-refractivity contribution is 7.07. The first kappa shape index (κ1) is 27.0. The topological polar surface area (TPSA) is 88.4 Å². The van der Waals surface area contributed by atoms with Crippen molar-refractivity contribution in [3.63, 3.8) is 0 Å². The molecule has 0 fully saturated rings. The van der Waals surface area contributed by atoms with Crippen molar-refractivity contribution in [2.45, 2.75) is 13.0 Å². The van der Waals surface area contributed by atoms with Gasteiger partial charge in [0.1, 0.15) is 5.75 Å². The monoisotopic (exact) mass is 556 g/mol. The zero-order valence-electron chi connectivity index (χ0n) is 22.5. The predicted octanol–water partition coefficient (Wildman–Crippen LogP) is 3.96. The van der Waals surface area contributed by atoms with E-state index in [-0.39, 0.29) is 17.7 Å². The summed E-state index contributed by atoms with van der Waals surface area (Å²) >= 11 is 1.25. The van der Waals surface area contributed by atoms with E-state index in [1.807, 2.05) is 60.7 Å². The molecule has 0 aliphatic carbocycles. The fourth-order valence-electron chi connectivity index (χ4n) is 4.71. The summed E-state index contributed by atoms with van der Waals surface area (Å²) < 4.78 is 24.0. The number of benzene rings is 3. The van der Waals surface area contributed by atoms with Gasteiger partial charge in [0, 0.05) is 11.1 Å². The lowest BCUT2D eigenvalue weighted by Crippen LogP contribution is -2.40. The number of esters is 1. The first-order valence-corrected chi connectivity index (χ1v) is 13.5. The number of hydrogen-bond donors (Lipinski definition) is 0. The van der Waals surface area contributed by atoms with Gasteiger partial charge in [-0.1, -0.05) is 65.9 Å². The number of thiazole rings is 1. The Morgan fingerprint density at radius 1 is 0.925 bits per heavy atom. The average Bonchev–Trinajstić information content (AvgIpc) is 3.30. The highest BCUT2D eigenvalue weighted by Gasteiger charge is 2.35. The largest absolute Gasteiger partial charge is 0.496 e. The zero-order valence-corrected chi connectivity index (χ0v) is 23.4. The summed E-state index contributed by atoms with van der Waals surface area (Å²) in [5, 5.41) is 0. The number of para-hydroxylation sites is 1. The molecule has 0 saturated carbocycles. The summed E-state index contributed by atoms with van der Waals surface area (Å²) in [6.07, 6.45) is 1.78. The van der Waals surface area contributed by atoms with E-state index in [2.05, 4.69) is 0 Å². The second-order valence-corrected chi connectivity index (χ2v) is 9.80. The molecule has 204 valence electrons. The molecule has 1 atom stereocenters. The lowest BCUT2D eigenvalue weighted by atomic mass is 9.93. The lowest BCUT2D eigenvalue weighted by Gasteiger charge is -2.26. The van der Waals surface area contributed by atoms with Gasteiger partial charge >= 0.3 is 5.97 Å². The summed E-state index contributed by atoms with van der Waals surface area (Å²) in [4.78, 5) is 33.0. The molecule has 0 amide bonds. The van der Waals surface area contributed by atoms with Gasteiger partial charge in [0.15, 0.2) is 16.3 Å². The third kappa shape index (κ3) is 4.91. The number of carbonyl (C=O) groups is 1. The molecule has 0 N–H and O–H groups in total. The molecule has 0 radical (unpaired) electrons. The Balaban J connectivity index is 1.85. The number of carbonyl (C=O) groups excluding carboxylic acids is 1. The maximum atomic E-state index is 14.1. The molecule has 1 aromatic heterocycles. The van der Waals surface area contributed by atoms with Crippen LogP contribution in [-0.2, 0) is 9.53 Å². The molecule has 4 aromatic rings. The van der Waals surface area contributed by atoms with Crippen LogP contribution in [0.2, 0.25) is 0 Å². The smallest absolute Gasteiger partial charge is 0.338 e. The minimum absolute atomic E-state index is 0.168. The average molecular weight is 557 g/mol. The highest BCUT2D eigenvalue weighted by Crippen LogP contribution is 2.38. The normalized spacial score (nSPS) is 14.8. The van der Waals surface area contributed by atoms with Crippen molar-refractivity contribution in [3.8, 4) is 17.2 Å². The van der Waals surface area contributed by atoms with E-state index >= 15 is 0 Å². The van der Waals surface area contributed by atoms with Gasteiger partial charge in [-0.2, -0.15) is 0 Å². The van der Waals surface area contributed by atoms with Crippen LogP contribution in [-0.4, -0.2) is 38.5 Å². The second kappa shape index (κ2) is 11.6. The minimum atomic E-state index is -0.829. The standard InChI is InChI=1S/C31H28N2O6S/c1-5-39-30(35)26-27(19-11-7-6-8-12-19)32-31-33(28(26)21-15-16-23(37-3)24(17-21)38-4)29(34)25(40-31)18-20-13-9-10-14-22(20)36-2/h6-18,28H,5H2,1-4H3/b25-18+/t28-/m0/s1. The number of rotatable bonds is 8. The molecule has 9 heteroatoms. The van der Waals surface area contributed by atoms with Gasteiger partial charge in [0.2, 0.25) is 0 Å². The Hall–Kier alpha value is -4.63. The van der Waals surface area contributed by atoms with Crippen molar-refractivity contribution in [1.29, 1.82) is 0 Å². The Labute approximate surface area is 235 Å². The van der Waals surface area contributed by atoms with E-state index < -0.39 is 12.0 Å². The summed E-state index contributed by atoms with van der Waals surface area (Å²) in [5.74, 6) is 1.09. The van der Waals surface area contributed by atoms with Gasteiger partial charge in [-0.25, -0.2) is 9.79 Å². The molecule has 1 aliphatic heterocycles. The van der Waals surface area contributed by atoms with Crippen LogP contribution in [0.4, 0.5) is 0 Å². The van der Waals surface area contributed by atoms with E-state index in [1.54, 1.807) is 43.9 Å². The van der Waals surface area contributed by atoms with Gasteiger partial charge in [0.25, 0.3) is 5.56 Å². The number of hydrogen-bond acceptors (Lipinski definition) is 8. The summed E-state index contributed by atoms with van der Waals surface area (Å²) in [7, 11) is 4.68. The van der Waals surface area contributed by atoms with Crippen molar-refractivity contribution >= 4 is 29.1 Å². The molecule has 0 spiro atoms. The first-order chi connectivity index (χ1) is 19.5. The summed E-state index contributed by atoms with van der Waals surface area (Å²) in [6.45, 7) is 1.91. The molecule has 0 bridgehead atoms. The van der Waals surface area contributed by atoms with Crippen molar-refractivity contribution in [1.82, 2.24) is 4.57 Å². The number of fused-ring (bicyclic) bond motifs is 1. The first-order valence-electron chi connectivity index (χ1n) is 12.6. The number of ether oxygens (including phenoxy) is 4. The fraction of sp³-hybridized carbons (Fsp3) is 0.194.